The molecule has 1 fully saturated rings. The van der Waals surface area contributed by atoms with Gasteiger partial charge in [-0.25, -0.2) is 0 Å². The molecule has 1 aliphatic carbocycles. The Morgan fingerprint density at radius 3 is 2.50 bits per heavy atom. The number of aromatic amines is 1. The molecule has 3 rings (SSSR count). The minimum atomic E-state index is -0.643. The Morgan fingerprint density at radius 2 is 1.91 bits per heavy atom. The normalized spacial score (nSPS) is 13.9. The number of hydrogen-bond acceptors (Lipinski definition) is 5. The zero-order valence-corrected chi connectivity index (χ0v) is 12.2. The maximum absolute atomic E-state index is 12.1. The number of carbonyl (C=O) groups excluding carboxylic acids is 1. The lowest BCUT2D eigenvalue weighted by atomic mass is 10.1. The molecule has 7 heteroatoms. The van der Waals surface area contributed by atoms with E-state index in [2.05, 4.69) is 10.3 Å². The molecule has 116 valence electrons. The van der Waals surface area contributed by atoms with E-state index >= 15 is 0 Å². The van der Waals surface area contributed by atoms with Gasteiger partial charge in [-0.15, -0.1) is 0 Å². The van der Waals surface area contributed by atoms with Gasteiger partial charge in [0, 0.05) is 17.5 Å². The molecular weight excluding hydrogens is 288 g/mol. The highest BCUT2D eigenvalue weighted by Crippen LogP contribution is 2.35. The second kappa shape index (κ2) is 5.25. The van der Waals surface area contributed by atoms with Gasteiger partial charge in [-0.1, -0.05) is 0 Å². The predicted octanol–water partition coefficient (Wildman–Crippen LogP) is 1.14. The smallest absolute Gasteiger partial charge is 0.265 e. The van der Waals surface area contributed by atoms with Gasteiger partial charge in [-0.3, -0.25) is 9.59 Å². The topological polar surface area (TPSA) is 101 Å². The third kappa shape index (κ3) is 2.34. The zero-order chi connectivity index (χ0) is 15.9. The Labute approximate surface area is 125 Å². The van der Waals surface area contributed by atoms with Gasteiger partial charge in [0.15, 0.2) is 11.5 Å². The van der Waals surface area contributed by atoms with Gasteiger partial charge in [0.05, 0.1) is 19.7 Å². The van der Waals surface area contributed by atoms with Crippen molar-refractivity contribution in [1.82, 2.24) is 10.3 Å². The highest BCUT2D eigenvalue weighted by molar-refractivity contribution is 6.02. The molecule has 1 aromatic carbocycles. The molecule has 2 aromatic rings. The molecule has 0 saturated heterocycles. The fourth-order valence-electron chi connectivity index (χ4n) is 2.30. The van der Waals surface area contributed by atoms with Gasteiger partial charge in [0.2, 0.25) is 0 Å². The lowest BCUT2D eigenvalue weighted by Gasteiger charge is -2.12. The van der Waals surface area contributed by atoms with Crippen LogP contribution < -0.4 is 20.3 Å². The van der Waals surface area contributed by atoms with Gasteiger partial charge < -0.3 is 24.9 Å². The van der Waals surface area contributed by atoms with E-state index in [1.54, 1.807) is 0 Å². The number of H-pyrrole nitrogens is 1. The average molecular weight is 304 g/mol. The van der Waals surface area contributed by atoms with E-state index in [0.29, 0.717) is 22.4 Å². The summed E-state index contributed by atoms with van der Waals surface area (Å²) in [6.07, 6.45) is 1.78. The Bertz CT molecular complexity index is 808. The summed E-state index contributed by atoms with van der Waals surface area (Å²) < 4.78 is 10.3. The number of carbonyl (C=O) groups is 1. The first-order valence-electron chi connectivity index (χ1n) is 6.87. The number of methoxy groups -OCH3 is 2. The van der Waals surface area contributed by atoms with E-state index in [4.69, 9.17) is 9.47 Å². The van der Waals surface area contributed by atoms with E-state index in [1.165, 1.54) is 26.4 Å². The van der Waals surface area contributed by atoms with Crippen molar-refractivity contribution in [2.24, 2.45) is 0 Å². The molecule has 0 spiro atoms. The fraction of sp³-hybridized carbons (Fsp3) is 0.333. The highest BCUT2D eigenvalue weighted by atomic mass is 16.5. The summed E-state index contributed by atoms with van der Waals surface area (Å²) >= 11 is 0. The molecule has 1 amide bonds. The largest absolute Gasteiger partial charge is 0.506 e. The lowest BCUT2D eigenvalue weighted by Crippen LogP contribution is -2.31. The van der Waals surface area contributed by atoms with Crippen LogP contribution in [0.2, 0.25) is 0 Å². The number of rotatable bonds is 4. The second-order valence-electron chi connectivity index (χ2n) is 5.18. The number of aromatic nitrogens is 1. The van der Waals surface area contributed by atoms with Crippen LogP contribution in [0.1, 0.15) is 23.2 Å². The van der Waals surface area contributed by atoms with Crippen molar-refractivity contribution in [3.05, 3.63) is 28.0 Å². The van der Waals surface area contributed by atoms with Crippen molar-refractivity contribution in [3.63, 3.8) is 0 Å². The summed E-state index contributed by atoms with van der Waals surface area (Å²) in [6.45, 7) is 0. The minimum Gasteiger partial charge on any atom is -0.506 e. The lowest BCUT2D eigenvalue weighted by molar-refractivity contribution is 0.0947. The third-order valence-corrected chi connectivity index (χ3v) is 3.63. The van der Waals surface area contributed by atoms with Crippen molar-refractivity contribution in [2.75, 3.05) is 14.2 Å². The molecule has 0 atom stereocenters. The van der Waals surface area contributed by atoms with Crippen LogP contribution in [0.25, 0.3) is 10.9 Å². The Hall–Kier alpha value is -2.70. The van der Waals surface area contributed by atoms with Gasteiger partial charge in [-0.05, 0) is 18.9 Å². The van der Waals surface area contributed by atoms with Crippen molar-refractivity contribution < 1.29 is 19.4 Å². The standard InChI is InChI=1S/C15H16N2O5/c1-21-10-5-8-9(6-11(10)22-2)17-15(20)12(13(8)18)14(19)16-7-3-4-7/h5-7H,3-4H2,1-2H3,(H,16,19)(H2,17,18,20). The number of benzene rings is 1. The van der Waals surface area contributed by atoms with E-state index in [1.807, 2.05) is 0 Å². The summed E-state index contributed by atoms with van der Waals surface area (Å²) in [4.78, 5) is 26.8. The molecule has 7 nitrogen and oxygen atoms in total. The molecule has 22 heavy (non-hydrogen) atoms. The van der Waals surface area contributed by atoms with Gasteiger partial charge in [0.25, 0.3) is 11.5 Å². The summed E-state index contributed by atoms with van der Waals surface area (Å²) in [5, 5.41) is 13.4. The second-order valence-corrected chi connectivity index (χ2v) is 5.18. The fourth-order valence-corrected chi connectivity index (χ4v) is 2.30. The number of amides is 1. The summed E-state index contributed by atoms with van der Waals surface area (Å²) in [7, 11) is 2.94. The number of pyridine rings is 1. The van der Waals surface area contributed by atoms with E-state index in [-0.39, 0.29) is 17.4 Å². The molecule has 0 unspecified atom stereocenters. The number of nitrogens with one attached hydrogen (secondary N) is 2. The maximum Gasteiger partial charge on any atom is 0.265 e. The molecule has 0 bridgehead atoms. The SMILES string of the molecule is COc1cc2[nH]c(=O)c(C(=O)NC3CC3)c(O)c2cc1OC. The monoisotopic (exact) mass is 304 g/mol. The summed E-state index contributed by atoms with van der Waals surface area (Å²) in [6, 6.07) is 3.15. The molecule has 3 N–H and O–H groups in total. The van der Waals surface area contributed by atoms with Crippen LogP contribution in [0.15, 0.2) is 16.9 Å². The van der Waals surface area contributed by atoms with E-state index < -0.39 is 11.5 Å². The van der Waals surface area contributed by atoms with Crippen molar-refractivity contribution in [3.8, 4) is 17.2 Å². The van der Waals surface area contributed by atoms with Crippen LogP contribution in [0.4, 0.5) is 0 Å². The molecular formula is C15H16N2O5. The Balaban J connectivity index is 2.18. The third-order valence-electron chi connectivity index (χ3n) is 3.63. The van der Waals surface area contributed by atoms with Crippen LogP contribution in [-0.2, 0) is 0 Å². The van der Waals surface area contributed by atoms with E-state index in [0.717, 1.165) is 12.8 Å². The molecule has 1 aromatic heterocycles. The molecule has 1 heterocycles. The van der Waals surface area contributed by atoms with Gasteiger partial charge in [0.1, 0.15) is 11.3 Å². The molecule has 0 radical (unpaired) electrons. The van der Waals surface area contributed by atoms with Crippen LogP contribution in [0.5, 0.6) is 17.2 Å². The Kier molecular flexibility index (Phi) is 3.40. The average Bonchev–Trinajstić information content (AvgIpc) is 3.29. The first-order valence-corrected chi connectivity index (χ1v) is 6.87. The van der Waals surface area contributed by atoms with Crippen molar-refractivity contribution in [2.45, 2.75) is 18.9 Å². The molecule has 1 saturated carbocycles. The van der Waals surface area contributed by atoms with Crippen LogP contribution in [-0.4, -0.2) is 36.3 Å². The predicted molar refractivity (Wildman–Crippen MR) is 79.8 cm³/mol. The Morgan fingerprint density at radius 1 is 1.27 bits per heavy atom. The van der Waals surface area contributed by atoms with Gasteiger partial charge in [-0.2, -0.15) is 0 Å². The quantitative estimate of drug-likeness (QED) is 0.786. The first kappa shape index (κ1) is 14.2. The van der Waals surface area contributed by atoms with Crippen LogP contribution in [0.3, 0.4) is 0 Å². The van der Waals surface area contributed by atoms with Crippen LogP contribution in [0, 0.1) is 0 Å². The number of aromatic hydroxyl groups is 1. The first-order chi connectivity index (χ1) is 10.5. The number of fused-ring (bicyclic) bond motifs is 1. The molecule has 0 aliphatic heterocycles. The zero-order valence-electron chi connectivity index (χ0n) is 12.2. The maximum atomic E-state index is 12.1. The van der Waals surface area contributed by atoms with Crippen molar-refractivity contribution in [1.29, 1.82) is 0 Å². The summed E-state index contributed by atoms with van der Waals surface area (Å²) in [5.41, 5.74) is -0.565. The van der Waals surface area contributed by atoms with E-state index in [9.17, 15) is 14.7 Å². The van der Waals surface area contributed by atoms with Crippen LogP contribution >= 0.6 is 0 Å². The highest BCUT2D eigenvalue weighted by Gasteiger charge is 2.27. The summed E-state index contributed by atoms with van der Waals surface area (Å²) in [5.74, 6) is -0.123. The van der Waals surface area contributed by atoms with Gasteiger partial charge >= 0.3 is 0 Å². The number of hydrogen-bond donors (Lipinski definition) is 3. The minimum absolute atomic E-state index is 0.0902. The van der Waals surface area contributed by atoms with Crippen molar-refractivity contribution >= 4 is 16.8 Å². The number of ether oxygens (including phenoxy) is 2. The molecule has 1 aliphatic rings.